The third kappa shape index (κ3) is 4.21. The summed E-state index contributed by atoms with van der Waals surface area (Å²) in [6, 6.07) is 19.7. The molecule has 0 aromatic heterocycles. The Morgan fingerprint density at radius 1 is 0.933 bits per heavy atom. The lowest BCUT2D eigenvalue weighted by Gasteiger charge is -2.24. The highest BCUT2D eigenvalue weighted by Crippen LogP contribution is 2.36. The Kier molecular flexibility index (Phi) is 5.30. The fourth-order valence-corrected chi connectivity index (χ4v) is 5.09. The predicted octanol–water partition coefficient (Wildman–Crippen LogP) is 4.10. The second-order valence-electron chi connectivity index (χ2n) is 7.25. The number of sulfonamides is 1. The van der Waals surface area contributed by atoms with E-state index in [9.17, 15) is 17.6 Å². The van der Waals surface area contributed by atoms with Gasteiger partial charge >= 0.3 is 0 Å². The maximum atomic E-state index is 13.2. The van der Waals surface area contributed by atoms with Gasteiger partial charge in [0.15, 0.2) is 0 Å². The first kappa shape index (κ1) is 20.1. The van der Waals surface area contributed by atoms with E-state index in [1.165, 1.54) is 19.2 Å². The summed E-state index contributed by atoms with van der Waals surface area (Å²) in [6.45, 7) is 0. The van der Waals surface area contributed by atoms with E-state index in [1.54, 1.807) is 12.1 Å². The Balaban J connectivity index is 1.69. The molecular formula is C23H20FNO4S. The Bertz CT molecular complexity index is 1210. The number of methoxy groups -OCH3 is 1. The van der Waals surface area contributed by atoms with Gasteiger partial charge in [0, 0.05) is 12.3 Å². The highest BCUT2D eigenvalue weighted by Gasteiger charge is 2.32. The van der Waals surface area contributed by atoms with Crippen molar-refractivity contribution < 1.29 is 22.3 Å². The van der Waals surface area contributed by atoms with E-state index < -0.39 is 21.8 Å². The van der Waals surface area contributed by atoms with Crippen LogP contribution < -0.4 is 9.46 Å². The molecule has 5 nitrogen and oxygen atoms in total. The largest absolute Gasteiger partial charge is 0.496 e. The number of benzene rings is 3. The maximum Gasteiger partial charge on any atom is 0.235 e. The van der Waals surface area contributed by atoms with Crippen molar-refractivity contribution in [3.63, 3.8) is 0 Å². The molecule has 0 bridgehead atoms. The molecule has 1 saturated heterocycles. The minimum absolute atomic E-state index is 0.0923. The molecule has 1 aliphatic rings. The monoisotopic (exact) mass is 425 g/mol. The van der Waals surface area contributed by atoms with Crippen LogP contribution in [0.2, 0.25) is 0 Å². The van der Waals surface area contributed by atoms with Gasteiger partial charge in [0.25, 0.3) is 0 Å². The minimum Gasteiger partial charge on any atom is -0.496 e. The van der Waals surface area contributed by atoms with Crippen molar-refractivity contribution in [2.24, 2.45) is 0 Å². The summed E-state index contributed by atoms with van der Waals surface area (Å²) in [7, 11) is -2.11. The van der Waals surface area contributed by atoms with Crippen LogP contribution in [0, 0.1) is 5.82 Å². The summed E-state index contributed by atoms with van der Waals surface area (Å²) < 4.78 is 44.6. The Morgan fingerprint density at radius 3 is 2.23 bits per heavy atom. The maximum absolute atomic E-state index is 13.2. The van der Waals surface area contributed by atoms with Crippen molar-refractivity contribution in [2.45, 2.75) is 12.3 Å². The summed E-state index contributed by atoms with van der Waals surface area (Å²) in [5.74, 6) is -0.875. The fraction of sp³-hybridized carbons (Fsp3) is 0.174. The molecular weight excluding hydrogens is 405 g/mol. The van der Waals surface area contributed by atoms with Crippen LogP contribution in [0.5, 0.6) is 5.75 Å². The Labute approximate surface area is 174 Å². The molecule has 154 valence electrons. The van der Waals surface area contributed by atoms with Gasteiger partial charge in [0.1, 0.15) is 11.6 Å². The van der Waals surface area contributed by atoms with Gasteiger partial charge in [-0.3, -0.25) is 9.52 Å². The number of hydrogen-bond donors (Lipinski definition) is 1. The van der Waals surface area contributed by atoms with Crippen molar-refractivity contribution in [1.29, 1.82) is 0 Å². The van der Waals surface area contributed by atoms with Crippen LogP contribution in [0.15, 0.2) is 66.7 Å². The van der Waals surface area contributed by atoms with E-state index in [1.807, 2.05) is 47.2 Å². The van der Waals surface area contributed by atoms with Crippen LogP contribution in [-0.2, 0) is 14.8 Å². The molecule has 1 amide bonds. The standard InChI is InChI=1S/C23H20FNO4S/c1-29-22-12-18(7-10-21(22)19-13-23(26)25-30(27,28)14-19)17-4-2-3-16(11-17)15-5-8-20(24)9-6-15/h2-12,19H,13-14H2,1H3,(H,25,26). The van der Waals surface area contributed by atoms with Crippen molar-refractivity contribution in [2.75, 3.05) is 12.9 Å². The summed E-state index contributed by atoms with van der Waals surface area (Å²) in [5, 5.41) is 0. The number of hydrogen-bond acceptors (Lipinski definition) is 4. The van der Waals surface area contributed by atoms with E-state index in [-0.39, 0.29) is 18.0 Å². The highest BCUT2D eigenvalue weighted by molar-refractivity contribution is 7.90. The van der Waals surface area contributed by atoms with Gasteiger partial charge in [-0.2, -0.15) is 0 Å². The third-order valence-electron chi connectivity index (χ3n) is 5.17. The summed E-state index contributed by atoms with van der Waals surface area (Å²) in [5.41, 5.74) is 4.37. The summed E-state index contributed by atoms with van der Waals surface area (Å²) in [4.78, 5) is 11.8. The fourth-order valence-electron chi connectivity index (χ4n) is 3.75. The zero-order valence-electron chi connectivity index (χ0n) is 16.3. The lowest BCUT2D eigenvalue weighted by molar-refractivity contribution is -0.119. The first-order valence-corrected chi connectivity index (χ1v) is 11.1. The normalized spacial score (nSPS) is 17.9. The Morgan fingerprint density at radius 2 is 1.57 bits per heavy atom. The van der Waals surface area contributed by atoms with Crippen LogP contribution in [0.1, 0.15) is 17.9 Å². The highest BCUT2D eigenvalue weighted by atomic mass is 32.2. The molecule has 7 heteroatoms. The molecule has 1 N–H and O–H groups in total. The zero-order chi connectivity index (χ0) is 21.3. The first-order chi connectivity index (χ1) is 14.3. The van der Waals surface area contributed by atoms with Crippen molar-refractivity contribution >= 4 is 15.9 Å². The Hall–Kier alpha value is -3.19. The average molecular weight is 425 g/mol. The summed E-state index contributed by atoms with van der Waals surface area (Å²) >= 11 is 0. The van der Waals surface area contributed by atoms with Gasteiger partial charge in [0.2, 0.25) is 15.9 Å². The van der Waals surface area contributed by atoms with E-state index in [0.29, 0.717) is 11.3 Å². The number of amides is 1. The molecule has 3 aromatic carbocycles. The molecule has 0 radical (unpaired) electrons. The third-order valence-corrected chi connectivity index (χ3v) is 6.55. The van der Waals surface area contributed by atoms with Gasteiger partial charge < -0.3 is 4.74 Å². The van der Waals surface area contributed by atoms with Crippen molar-refractivity contribution in [1.82, 2.24) is 4.72 Å². The quantitative estimate of drug-likeness (QED) is 0.683. The second kappa shape index (κ2) is 7.91. The molecule has 0 saturated carbocycles. The van der Waals surface area contributed by atoms with E-state index in [4.69, 9.17) is 4.74 Å². The predicted molar refractivity (Wildman–Crippen MR) is 113 cm³/mol. The summed E-state index contributed by atoms with van der Waals surface area (Å²) in [6.07, 6.45) is 0.0923. The number of nitrogens with one attached hydrogen (secondary N) is 1. The number of carbonyl (C=O) groups excluding carboxylic acids is 1. The average Bonchev–Trinajstić information content (AvgIpc) is 2.72. The SMILES string of the molecule is COc1cc(-c2cccc(-c3ccc(F)cc3)c2)ccc1C1CC(=O)NS(=O)(=O)C1. The van der Waals surface area contributed by atoms with E-state index >= 15 is 0 Å². The van der Waals surface area contributed by atoms with Gasteiger partial charge in [-0.05, 0) is 52.1 Å². The molecule has 0 aliphatic carbocycles. The van der Waals surface area contributed by atoms with Crippen molar-refractivity contribution in [3.8, 4) is 28.0 Å². The van der Waals surface area contributed by atoms with E-state index in [2.05, 4.69) is 0 Å². The molecule has 1 aliphatic heterocycles. The van der Waals surface area contributed by atoms with Gasteiger partial charge in [-0.15, -0.1) is 0 Å². The second-order valence-corrected chi connectivity index (χ2v) is 9.02. The lowest BCUT2D eigenvalue weighted by Crippen LogP contribution is -2.40. The molecule has 1 heterocycles. The first-order valence-electron chi connectivity index (χ1n) is 9.42. The topological polar surface area (TPSA) is 72.5 Å². The van der Waals surface area contributed by atoms with Crippen LogP contribution >= 0.6 is 0 Å². The molecule has 4 rings (SSSR count). The molecule has 1 unspecified atom stereocenters. The van der Waals surface area contributed by atoms with Crippen LogP contribution in [-0.4, -0.2) is 27.2 Å². The number of carbonyl (C=O) groups is 1. The van der Waals surface area contributed by atoms with Crippen LogP contribution in [0.3, 0.4) is 0 Å². The smallest absolute Gasteiger partial charge is 0.235 e. The van der Waals surface area contributed by atoms with Gasteiger partial charge in [-0.1, -0.05) is 42.5 Å². The number of ether oxygens (including phenoxy) is 1. The molecule has 3 aromatic rings. The van der Waals surface area contributed by atoms with E-state index in [0.717, 1.165) is 22.3 Å². The zero-order valence-corrected chi connectivity index (χ0v) is 17.1. The molecule has 1 fully saturated rings. The lowest BCUT2D eigenvalue weighted by atomic mass is 9.92. The van der Waals surface area contributed by atoms with Crippen LogP contribution in [0.4, 0.5) is 4.39 Å². The van der Waals surface area contributed by atoms with Crippen molar-refractivity contribution in [3.05, 3.63) is 78.1 Å². The van der Waals surface area contributed by atoms with Gasteiger partial charge in [-0.25, -0.2) is 12.8 Å². The molecule has 1 atom stereocenters. The molecule has 30 heavy (non-hydrogen) atoms. The van der Waals surface area contributed by atoms with Gasteiger partial charge in [0.05, 0.1) is 12.9 Å². The molecule has 0 spiro atoms. The number of rotatable bonds is 4. The minimum atomic E-state index is -3.64. The van der Waals surface area contributed by atoms with Crippen LogP contribution in [0.25, 0.3) is 22.3 Å². The number of halogens is 1.